The second kappa shape index (κ2) is 15.7. The molecule has 0 spiro atoms. The highest BCUT2D eigenvalue weighted by molar-refractivity contribution is 5.97. The fraction of sp³-hybridized carbons (Fsp3) is 0.552. The van der Waals surface area contributed by atoms with E-state index in [4.69, 9.17) is 4.74 Å². The Morgan fingerprint density at radius 3 is 2.31 bits per heavy atom. The number of benzene rings is 1. The summed E-state index contributed by atoms with van der Waals surface area (Å²) in [7, 11) is 1.57. The normalized spacial score (nSPS) is 17.7. The number of rotatable bonds is 14. The SMILES string of the molecule is COc1ccc(/C=C/C(=O)N[C@H](C(=O)N[C@@H](CC(C)C)C(=O)N[C@H](C=O)C[C@@H]2CCCNC2=O)C(C)C)cc1. The molecule has 1 saturated heterocycles. The zero-order chi connectivity index (χ0) is 28.9. The molecule has 0 bridgehead atoms. The topological polar surface area (TPSA) is 143 Å². The molecular formula is C29H42N4O6. The van der Waals surface area contributed by atoms with E-state index in [1.54, 1.807) is 51.3 Å². The minimum absolute atomic E-state index is 0.0689. The predicted molar refractivity (Wildman–Crippen MR) is 149 cm³/mol. The first-order valence-corrected chi connectivity index (χ1v) is 13.5. The van der Waals surface area contributed by atoms with E-state index in [2.05, 4.69) is 21.3 Å². The van der Waals surface area contributed by atoms with Gasteiger partial charge in [-0.15, -0.1) is 0 Å². The van der Waals surface area contributed by atoms with Gasteiger partial charge in [0, 0.05) is 18.5 Å². The smallest absolute Gasteiger partial charge is 0.244 e. The zero-order valence-corrected chi connectivity index (χ0v) is 23.5. The zero-order valence-electron chi connectivity index (χ0n) is 23.5. The van der Waals surface area contributed by atoms with Crippen molar-refractivity contribution in [3.05, 3.63) is 35.9 Å². The summed E-state index contributed by atoms with van der Waals surface area (Å²) in [5.74, 6) is -1.39. The maximum absolute atomic E-state index is 13.2. The Morgan fingerprint density at radius 1 is 1.05 bits per heavy atom. The van der Waals surface area contributed by atoms with Crippen molar-refractivity contribution in [1.82, 2.24) is 21.3 Å². The van der Waals surface area contributed by atoms with E-state index in [1.807, 2.05) is 13.8 Å². The van der Waals surface area contributed by atoms with E-state index in [9.17, 15) is 24.0 Å². The van der Waals surface area contributed by atoms with Crippen LogP contribution in [0.15, 0.2) is 30.3 Å². The minimum atomic E-state index is -0.909. The lowest BCUT2D eigenvalue weighted by molar-refractivity contribution is -0.133. The fourth-order valence-electron chi connectivity index (χ4n) is 4.39. The van der Waals surface area contributed by atoms with Crippen molar-refractivity contribution in [1.29, 1.82) is 0 Å². The maximum atomic E-state index is 13.2. The van der Waals surface area contributed by atoms with E-state index in [-0.39, 0.29) is 30.1 Å². The standard InChI is InChI=1S/C29H42N4O6/c1-18(2)15-24(28(37)31-22(17-34)16-21-7-6-14-30-27(21)36)32-29(38)26(19(3)4)33-25(35)13-10-20-8-11-23(39-5)12-9-20/h8-13,17-19,21-22,24,26H,6-7,14-16H2,1-5H3,(H,30,36)(H,31,37)(H,32,38)(H,33,35)/b13-10+/t21-,22-,24-,26-/m0/s1. The number of ether oxygens (including phenoxy) is 1. The van der Waals surface area contributed by atoms with Gasteiger partial charge >= 0.3 is 0 Å². The van der Waals surface area contributed by atoms with Crippen molar-refractivity contribution in [2.45, 2.75) is 71.5 Å². The average molecular weight is 543 g/mol. The largest absolute Gasteiger partial charge is 0.497 e. The van der Waals surface area contributed by atoms with Crippen LogP contribution < -0.4 is 26.0 Å². The van der Waals surface area contributed by atoms with Gasteiger partial charge in [-0.05, 0) is 61.3 Å². The monoisotopic (exact) mass is 542 g/mol. The Hall–Kier alpha value is -3.69. The van der Waals surface area contributed by atoms with Gasteiger partial charge in [0.2, 0.25) is 23.6 Å². The molecule has 1 fully saturated rings. The molecule has 4 amide bonds. The highest BCUT2D eigenvalue weighted by Gasteiger charge is 2.31. The maximum Gasteiger partial charge on any atom is 0.244 e. The molecule has 1 aromatic rings. The Morgan fingerprint density at radius 2 is 1.74 bits per heavy atom. The van der Waals surface area contributed by atoms with Crippen LogP contribution in [0.4, 0.5) is 0 Å². The number of amides is 4. The summed E-state index contributed by atoms with van der Waals surface area (Å²) in [5, 5.41) is 11.0. The number of methoxy groups -OCH3 is 1. The summed E-state index contributed by atoms with van der Waals surface area (Å²) in [6.07, 6.45) is 5.61. The second-order valence-corrected chi connectivity index (χ2v) is 10.6. The number of nitrogens with one attached hydrogen (secondary N) is 4. The van der Waals surface area contributed by atoms with E-state index in [1.165, 1.54) is 6.08 Å². The van der Waals surface area contributed by atoms with Crippen LogP contribution in [0, 0.1) is 17.8 Å². The van der Waals surface area contributed by atoms with Crippen molar-refractivity contribution in [2.75, 3.05) is 13.7 Å². The number of hydrogen-bond donors (Lipinski definition) is 4. The molecule has 0 aliphatic carbocycles. The number of carbonyl (C=O) groups is 5. The van der Waals surface area contributed by atoms with Crippen molar-refractivity contribution >= 4 is 36.0 Å². The van der Waals surface area contributed by atoms with E-state index >= 15 is 0 Å². The Balaban J connectivity index is 2.04. The molecule has 0 unspecified atom stereocenters. The molecule has 1 aliphatic heterocycles. The van der Waals surface area contributed by atoms with Gasteiger partial charge in [-0.1, -0.05) is 39.8 Å². The van der Waals surface area contributed by atoms with Gasteiger partial charge in [-0.2, -0.15) is 0 Å². The van der Waals surface area contributed by atoms with Crippen LogP contribution in [0.2, 0.25) is 0 Å². The van der Waals surface area contributed by atoms with Gasteiger partial charge in [0.15, 0.2) is 0 Å². The highest BCUT2D eigenvalue weighted by atomic mass is 16.5. The summed E-state index contributed by atoms with van der Waals surface area (Å²) in [6, 6.07) is 4.53. The molecule has 0 aromatic heterocycles. The first-order valence-electron chi connectivity index (χ1n) is 13.5. The molecule has 214 valence electrons. The van der Waals surface area contributed by atoms with Gasteiger partial charge in [-0.3, -0.25) is 19.2 Å². The molecule has 10 heteroatoms. The van der Waals surface area contributed by atoms with Gasteiger partial charge < -0.3 is 30.8 Å². The summed E-state index contributed by atoms with van der Waals surface area (Å²) in [6.45, 7) is 8.05. The fourth-order valence-corrected chi connectivity index (χ4v) is 4.39. The predicted octanol–water partition coefficient (Wildman–Crippen LogP) is 1.98. The first kappa shape index (κ1) is 31.5. The summed E-state index contributed by atoms with van der Waals surface area (Å²) in [5.41, 5.74) is 0.792. The van der Waals surface area contributed by atoms with Crippen LogP contribution in [-0.2, 0) is 24.0 Å². The molecule has 1 aliphatic rings. The van der Waals surface area contributed by atoms with Crippen LogP contribution in [0.3, 0.4) is 0 Å². The lowest BCUT2D eigenvalue weighted by atomic mass is 9.91. The Bertz CT molecular complexity index is 1020. The van der Waals surface area contributed by atoms with Crippen LogP contribution >= 0.6 is 0 Å². The number of carbonyl (C=O) groups excluding carboxylic acids is 5. The number of piperidine rings is 1. The van der Waals surface area contributed by atoms with Crippen LogP contribution in [0.1, 0.15) is 58.9 Å². The van der Waals surface area contributed by atoms with Crippen molar-refractivity contribution in [2.24, 2.45) is 17.8 Å². The average Bonchev–Trinajstić information content (AvgIpc) is 2.90. The third kappa shape index (κ3) is 10.5. The second-order valence-electron chi connectivity index (χ2n) is 10.6. The molecule has 39 heavy (non-hydrogen) atoms. The first-order chi connectivity index (χ1) is 18.5. The third-order valence-corrected chi connectivity index (χ3v) is 6.56. The summed E-state index contributed by atoms with van der Waals surface area (Å²) in [4.78, 5) is 62.8. The molecule has 10 nitrogen and oxygen atoms in total. The molecule has 2 rings (SSSR count). The Kier molecular flexibility index (Phi) is 12.7. The van der Waals surface area contributed by atoms with E-state index in [0.717, 1.165) is 12.0 Å². The molecule has 4 N–H and O–H groups in total. The third-order valence-electron chi connectivity index (χ3n) is 6.56. The van der Waals surface area contributed by atoms with Gasteiger partial charge in [-0.25, -0.2) is 0 Å². The van der Waals surface area contributed by atoms with Gasteiger partial charge in [0.25, 0.3) is 0 Å². The Labute approximate surface area is 230 Å². The molecular weight excluding hydrogens is 500 g/mol. The minimum Gasteiger partial charge on any atom is -0.497 e. The lowest BCUT2D eigenvalue weighted by Crippen LogP contribution is -2.56. The molecule has 1 heterocycles. The summed E-state index contributed by atoms with van der Waals surface area (Å²) >= 11 is 0. The summed E-state index contributed by atoms with van der Waals surface area (Å²) < 4.78 is 5.13. The highest BCUT2D eigenvalue weighted by Crippen LogP contribution is 2.17. The number of aldehydes is 1. The lowest BCUT2D eigenvalue weighted by Gasteiger charge is -2.28. The van der Waals surface area contributed by atoms with Crippen LogP contribution in [0.25, 0.3) is 6.08 Å². The molecule has 1 aromatic carbocycles. The quantitative estimate of drug-likeness (QED) is 0.209. The van der Waals surface area contributed by atoms with Crippen LogP contribution in [0.5, 0.6) is 5.75 Å². The van der Waals surface area contributed by atoms with Crippen molar-refractivity contribution in [3.63, 3.8) is 0 Å². The number of hydrogen-bond acceptors (Lipinski definition) is 6. The van der Waals surface area contributed by atoms with E-state index in [0.29, 0.717) is 31.4 Å². The molecule has 4 atom stereocenters. The van der Waals surface area contributed by atoms with Crippen molar-refractivity contribution < 1.29 is 28.7 Å². The molecule has 0 saturated carbocycles. The van der Waals surface area contributed by atoms with E-state index < -0.39 is 35.8 Å². The van der Waals surface area contributed by atoms with Gasteiger partial charge in [0.05, 0.1) is 13.2 Å². The van der Waals surface area contributed by atoms with Gasteiger partial charge in [0.1, 0.15) is 24.1 Å². The van der Waals surface area contributed by atoms with Crippen molar-refractivity contribution in [3.8, 4) is 5.75 Å². The molecule has 0 radical (unpaired) electrons. The van der Waals surface area contributed by atoms with Crippen LogP contribution in [-0.4, -0.2) is 61.7 Å².